The fraction of sp³-hybridized carbons (Fsp3) is 0.0500. The molecule has 26 heavy (non-hydrogen) atoms. The van der Waals surface area contributed by atoms with Crippen molar-refractivity contribution in [2.75, 3.05) is 6.26 Å². The van der Waals surface area contributed by atoms with Crippen LogP contribution in [0.3, 0.4) is 0 Å². The van der Waals surface area contributed by atoms with E-state index < -0.39 is 0 Å². The van der Waals surface area contributed by atoms with Crippen LogP contribution < -0.4 is 5.56 Å². The first-order valence-corrected chi connectivity index (χ1v) is 9.56. The monoisotopic (exact) mass is 379 g/mol. The zero-order valence-electron chi connectivity index (χ0n) is 13.9. The van der Waals surface area contributed by atoms with E-state index in [0.29, 0.717) is 21.2 Å². The Hall–Kier alpha value is -2.63. The highest BCUT2D eigenvalue weighted by molar-refractivity contribution is 7.98. The van der Waals surface area contributed by atoms with Crippen molar-refractivity contribution in [1.29, 1.82) is 0 Å². The molecule has 2 aromatic heterocycles. The Labute approximate surface area is 159 Å². The molecule has 0 atom stereocenters. The standard InChI is InChI=1S/C20H14ClN3OS/c1-26-20-23-18-17(19(25)24-20)15(12-7-9-14(21)10-8-12)11-16(22-18)13-5-3-2-4-6-13/h2-11H,1H3,(H,22,23,24,25). The van der Waals surface area contributed by atoms with Gasteiger partial charge in [-0.05, 0) is 30.0 Å². The number of thioether (sulfide) groups is 1. The van der Waals surface area contributed by atoms with Crippen molar-refractivity contribution in [2.24, 2.45) is 0 Å². The Morgan fingerprint density at radius 1 is 0.962 bits per heavy atom. The van der Waals surface area contributed by atoms with Gasteiger partial charge >= 0.3 is 0 Å². The van der Waals surface area contributed by atoms with Crippen LogP contribution in [0.25, 0.3) is 33.4 Å². The lowest BCUT2D eigenvalue weighted by Crippen LogP contribution is -2.11. The summed E-state index contributed by atoms with van der Waals surface area (Å²) in [6, 6.07) is 19.2. The number of pyridine rings is 1. The van der Waals surface area contributed by atoms with Gasteiger partial charge < -0.3 is 4.98 Å². The van der Waals surface area contributed by atoms with Gasteiger partial charge in [-0.25, -0.2) is 9.97 Å². The SMILES string of the molecule is CSc1nc2nc(-c3ccccc3)cc(-c3ccc(Cl)cc3)c2c(=O)[nH]1. The predicted molar refractivity (Wildman–Crippen MR) is 108 cm³/mol. The van der Waals surface area contributed by atoms with Gasteiger partial charge in [0.1, 0.15) is 0 Å². The van der Waals surface area contributed by atoms with Gasteiger partial charge in [0.05, 0.1) is 11.1 Å². The molecule has 0 fully saturated rings. The van der Waals surface area contributed by atoms with Gasteiger partial charge in [0.25, 0.3) is 5.56 Å². The molecule has 4 nitrogen and oxygen atoms in total. The molecule has 6 heteroatoms. The van der Waals surface area contributed by atoms with Crippen LogP contribution in [0.4, 0.5) is 0 Å². The maximum absolute atomic E-state index is 12.7. The third-order valence-electron chi connectivity index (χ3n) is 4.07. The number of benzene rings is 2. The molecule has 0 aliphatic carbocycles. The van der Waals surface area contributed by atoms with Crippen LogP contribution in [0, 0.1) is 0 Å². The van der Waals surface area contributed by atoms with Gasteiger partial charge in [0, 0.05) is 16.1 Å². The van der Waals surface area contributed by atoms with E-state index in [4.69, 9.17) is 11.6 Å². The number of rotatable bonds is 3. The fourth-order valence-electron chi connectivity index (χ4n) is 2.83. The van der Waals surface area contributed by atoms with Gasteiger partial charge in [-0.3, -0.25) is 4.79 Å². The molecule has 0 saturated heterocycles. The fourth-order valence-corrected chi connectivity index (χ4v) is 3.33. The highest BCUT2D eigenvalue weighted by Crippen LogP contribution is 2.30. The Kier molecular flexibility index (Phi) is 4.49. The summed E-state index contributed by atoms with van der Waals surface area (Å²) in [6.45, 7) is 0. The largest absolute Gasteiger partial charge is 0.301 e. The first-order valence-electron chi connectivity index (χ1n) is 7.96. The molecule has 1 N–H and O–H groups in total. The second-order valence-electron chi connectivity index (χ2n) is 5.70. The quantitative estimate of drug-likeness (QED) is 0.400. The Morgan fingerprint density at radius 2 is 1.69 bits per heavy atom. The smallest absolute Gasteiger partial charge is 0.261 e. The number of hydrogen-bond acceptors (Lipinski definition) is 4. The van der Waals surface area contributed by atoms with E-state index >= 15 is 0 Å². The van der Waals surface area contributed by atoms with Crippen LogP contribution in [0.1, 0.15) is 0 Å². The lowest BCUT2D eigenvalue weighted by Gasteiger charge is -2.10. The summed E-state index contributed by atoms with van der Waals surface area (Å²) in [6.07, 6.45) is 1.87. The van der Waals surface area contributed by atoms with Crippen LogP contribution in [0.15, 0.2) is 70.6 Å². The van der Waals surface area contributed by atoms with Gasteiger partial charge in [-0.1, -0.05) is 65.8 Å². The van der Waals surface area contributed by atoms with Crippen LogP contribution in [0.2, 0.25) is 5.02 Å². The molecule has 0 radical (unpaired) electrons. The third-order valence-corrected chi connectivity index (χ3v) is 4.91. The molecular weight excluding hydrogens is 366 g/mol. The molecule has 0 aliphatic heterocycles. The number of nitrogens with one attached hydrogen (secondary N) is 1. The number of halogens is 1. The topological polar surface area (TPSA) is 58.6 Å². The van der Waals surface area contributed by atoms with Crippen LogP contribution in [-0.2, 0) is 0 Å². The number of aromatic nitrogens is 3. The van der Waals surface area contributed by atoms with Crippen molar-refractivity contribution in [2.45, 2.75) is 5.16 Å². The zero-order valence-corrected chi connectivity index (χ0v) is 15.4. The van der Waals surface area contributed by atoms with E-state index in [0.717, 1.165) is 22.4 Å². The zero-order chi connectivity index (χ0) is 18.1. The summed E-state index contributed by atoms with van der Waals surface area (Å²) in [5.74, 6) is 0. The number of hydrogen-bond donors (Lipinski definition) is 1. The second-order valence-corrected chi connectivity index (χ2v) is 6.93. The normalized spacial score (nSPS) is 11.0. The highest BCUT2D eigenvalue weighted by atomic mass is 35.5. The summed E-state index contributed by atoms with van der Waals surface area (Å²) in [4.78, 5) is 24.7. The lowest BCUT2D eigenvalue weighted by molar-refractivity contribution is 0.965. The summed E-state index contributed by atoms with van der Waals surface area (Å²) < 4.78 is 0. The summed E-state index contributed by atoms with van der Waals surface area (Å²) in [5.41, 5.74) is 3.65. The second kappa shape index (κ2) is 6.94. The minimum Gasteiger partial charge on any atom is -0.301 e. The maximum atomic E-state index is 12.7. The van der Waals surface area contributed by atoms with Crippen LogP contribution in [-0.4, -0.2) is 21.2 Å². The molecule has 2 heterocycles. The van der Waals surface area contributed by atoms with Crippen molar-refractivity contribution in [1.82, 2.24) is 15.0 Å². The van der Waals surface area contributed by atoms with E-state index in [-0.39, 0.29) is 5.56 Å². The van der Waals surface area contributed by atoms with Crippen molar-refractivity contribution in [3.8, 4) is 22.4 Å². The molecular formula is C20H14ClN3OS. The lowest BCUT2D eigenvalue weighted by atomic mass is 10.0. The number of nitrogens with zero attached hydrogens (tertiary/aromatic N) is 2. The molecule has 4 aromatic rings. The average molecular weight is 380 g/mol. The summed E-state index contributed by atoms with van der Waals surface area (Å²) in [7, 11) is 0. The Balaban J connectivity index is 2.07. The van der Waals surface area contributed by atoms with Crippen molar-refractivity contribution < 1.29 is 0 Å². The molecule has 0 spiro atoms. The number of fused-ring (bicyclic) bond motifs is 1. The molecule has 128 valence electrons. The van der Waals surface area contributed by atoms with Crippen molar-refractivity contribution in [3.63, 3.8) is 0 Å². The van der Waals surface area contributed by atoms with Gasteiger partial charge in [0.15, 0.2) is 10.8 Å². The summed E-state index contributed by atoms with van der Waals surface area (Å²) >= 11 is 7.40. The van der Waals surface area contributed by atoms with E-state index in [1.54, 1.807) is 0 Å². The first-order chi connectivity index (χ1) is 12.7. The summed E-state index contributed by atoms with van der Waals surface area (Å²) in [5, 5.41) is 1.67. The van der Waals surface area contributed by atoms with E-state index in [2.05, 4.69) is 15.0 Å². The molecule has 4 rings (SSSR count). The predicted octanol–water partition coefficient (Wildman–Crippen LogP) is 5.03. The average Bonchev–Trinajstić information content (AvgIpc) is 2.68. The van der Waals surface area contributed by atoms with Gasteiger partial charge in [-0.2, -0.15) is 0 Å². The molecule has 0 saturated carbocycles. The van der Waals surface area contributed by atoms with Gasteiger partial charge in [-0.15, -0.1) is 0 Å². The van der Waals surface area contributed by atoms with Crippen LogP contribution >= 0.6 is 23.4 Å². The van der Waals surface area contributed by atoms with E-state index in [1.165, 1.54) is 11.8 Å². The third kappa shape index (κ3) is 3.11. The molecule has 0 bridgehead atoms. The highest BCUT2D eigenvalue weighted by Gasteiger charge is 2.14. The first kappa shape index (κ1) is 16.8. The van der Waals surface area contributed by atoms with Crippen LogP contribution in [0.5, 0.6) is 0 Å². The number of H-pyrrole nitrogens is 1. The minimum atomic E-state index is -0.198. The van der Waals surface area contributed by atoms with Crippen molar-refractivity contribution >= 4 is 34.4 Å². The van der Waals surface area contributed by atoms with E-state index in [1.807, 2.05) is 66.9 Å². The molecule has 0 unspecified atom stereocenters. The number of aromatic amines is 1. The van der Waals surface area contributed by atoms with E-state index in [9.17, 15) is 4.79 Å². The molecule has 2 aromatic carbocycles. The van der Waals surface area contributed by atoms with Gasteiger partial charge in [0.2, 0.25) is 0 Å². The molecule has 0 amide bonds. The Bertz CT molecular complexity index is 1140. The minimum absolute atomic E-state index is 0.198. The van der Waals surface area contributed by atoms with Crippen molar-refractivity contribution in [3.05, 3.63) is 76.0 Å². The molecule has 0 aliphatic rings. The maximum Gasteiger partial charge on any atom is 0.261 e. The Morgan fingerprint density at radius 3 is 2.38 bits per heavy atom.